The van der Waals surface area contributed by atoms with Crippen LogP contribution < -0.4 is 5.73 Å². The van der Waals surface area contributed by atoms with Gasteiger partial charge in [-0.1, -0.05) is 25.1 Å². The van der Waals surface area contributed by atoms with Crippen molar-refractivity contribution in [3.05, 3.63) is 29.8 Å². The van der Waals surface area contributed by atoms with Crippen LogP contribution in [0, 0.1) is 12.3 Å². The highest BCUT2D eigenvalue weighted by Gasteiger charge is 2.34. The molecule has 1 atom stereocenters. The van der Waals surface area contributed by atoms with Gasteiger partial charge in [-0.25, -0.2) is 0 Å². The molecule has 0 aromatic heterocycles. The molecule has 0 aliphatic carbocycles. The first kappa shape index (κ1) is 14.4. The van der Waals surface area contributed by atoms with Crippen molar-refractivity contribution in [2.75, 3.05) is 25.4 Å². The first-order valence-electron chi connectivity index (χ1n) is 6.70. The van der Waals surface area contributed by atoms with Gasteiger partial charge in [-0.15, -0.1) is 11.8 Å². The summed E-state index contributed by atoms with van der Waals surface area (Å²) in [7, 11) is 0. The number of carbonyl (C=O) groups is 1. The van der Waals surface area contributed by atoms with Crippen molar-refractivity contribution in [1.29, 1.82) is 0 Å². The second-order valence-corrected chi connectivity index (χ2v) is 6.65. The summed E-state index contributed by atoms with van der Waals surface area (Å²) in [5.41, 5.74) is 7.12. The zero-order valence-electron chi connectivity index (χ0n) is 11.7. The Morgan fingerprint density at radius 1 is 1.47 bits per heavy atom. The minimum absolute atomic E-state index is 0.114. The van der Waals surface area contributed by atoms with Crippen LogP contribution in [0.25, 0.3) is 0 Å². The molecular formula is C15H22N2OS. The second kappa shape index (κ2) is 5.97. The van der Waals surface area contributed by atoms with Gasteiger partial charge in [0, 0.05) is 18.0 Å². The van der Waals surface area contributed by atoms with Crippen LogP contribution >= 0.6 is 11.8 Å². The Morgan fingerprint density at radius 3 is 2.84 bits per heavy atom. The van der Waals surface area contributed by atoms with Crippen LogP contribution in [-0.2, 0) is 4.79 Å². The number of aryl methyl sites for hydroxylation is 1. The topological polar surface area (TPSA) is 46.3 Å². The van der Waals surface area contributed by atoms with Gasteiger partial charge in [0.25, 0.3) is 0 Å². The molecule has 0 saturated carbocycles. The quantitative estimate of drug-likeness (QED) is 0.860. The number of nitrogens with zero attached hydrogens (tertiary/aromatic N) is 1. The van der Waals surface area contributed by atoms with E-state index >= 15 is 0 Å². The maximum Gasteiger partial charge on any atom is 0.232 e. The highest BCUT2D eigenvalue weighted by atomic mass is 32.2. The normalized spacial score (nSPS) is 22.8. The van der Waals surface area contributed by atoms with E-state index in [1.807, 2.05) is 17.0 Å². The van der Waals surface area contributed by atoms with Gasteiger partial charge in [-0.05, 0) is 36.9 Å². The molecule has 2 rings (SSSR count). The molecule has 2 N–H and O–H groups in total. The fraction of sp³-hybridized carbons (Fsp3) is 0.533. The largest absolute Gasteiger partial charge is 0.341 e. The summed E-state index contributed by atoms with van der Waals surface area (Å²) >= 11 is 1.63. The van der Waals surface area contributed by atoms with Gasteiger partial charge in [0.05, 0.1) is 5.75 Å². The average Bonchev–Trinajstić information content (AvgIpc) is 2.81. The molecule has 3 nitrogen and oxygen atoms in total. The van der Waals surface area contributed by atoms with Crippen molar-refractivity contribution >= 4 is 17.7 Å². The molecule has 0 radical (unpaired) electrons. The monoisotopic (exact) mass is 278 g/mol. The molecule has 1 heterocycles. The Kier molecular flexibility index (Phi) is 4.53. The van der Waals surface area contributed by atoms with E-state index in [0.717, 1.165) is 19.5 Å². The lowest BCUT2D eigenvalue weighted by atomic mass is 9.90. The minimum Gasteiger partial charge on any atom is -0.341 e. The molecule has 1 aromatic carbocycles. The molecule has 0 bridgehead atoms. The molecule has 1 unspecified atom stereocenters. The zero-order valence-corrected chi connectivity index (χ0v) is 12.5. The van der Waals surface area contributed by atoms with Gasteiger partial charge in [0.1, 0.15) is 0 Å². The molecule has 0 spiro atoms. The predicted molar refractivity (Wildman–Crippen MR) is 80.3 cm³/mol. The van der Waals surface area contributed by atoms with E-state index in [-0.39, 0.29) is 11.3 Å². The van der Waals surface area contributed by atoms with E-state index in [2.05, 4.69) is 26.0 Å². The molecule has 4 heteroatoms. The van der Waals surface area contributed by atoms with Crippen LogP contribution in [0.1, 0.15) is 18.9 Å². The highest BCUT2D eigenvalue weighted by Crippen LogP contribution is 2.29. The summed E-state index contributed by atoms with van der Waals surface area (Å²) in [5.74, 6) is 0.747. The third-order valence-corrected chi connectivity index (χ3v) is 5.01. The second-order valence-electron chi connectivity index (χ2n) is 5.63. The van der Waals surface area contributed by atoms with Gasteiger partial charge in [-0.3, -0.25) is 4.79 Å². The van der Waals surface area contributed by atoms with E-state index < -0.39 is 0 Å². The van der Waals surface area contributed by atoms with Crippen LogP contribution in [0.5, 0.6) is 0 Å². The fourth-order valence-electron chi connectivity index (χ4n) is 2.35. The first-order valence-corrected chi connectivity index (χ1v) is 7.69. The van der Waals surface area contributed by atoms with E-state index in [9.17, 15) is 4.79 Å². The number of rotatable bonds is 4. The van der Waals surface area contributed by atoms with Crippen LogP contribution in [0.15, 0.2) is 29.2 Å². The SMILES string of the molecule is Cc1ccccc1SCC(=O)N1CCC(C)(CN)C1. The third-order valence-electron chi connectivity index (χ3n) is 3.85. The van der Waals surface area contributed by atoms with Crippen LogP contribution in [0.4, 0.5) is 0 Å². The Balaban J connectivity index is 1.88. The number of amides is 1. The molecule has 1 amide bonds. The molecule has 1 fully saturated rings. The Bertz CT molecular complexity index is 463. The lowest BCUT2D eigenvalue weighted by Gasteiger charge is -2.22. The summed E-state index contributed by atoms with van der Waals surface area (Å²) in [6, 6.07) is 8.19. The number of hydrogen-bond donors (Lipinski definition) is 1. The van der Waals surface area contributed by atoms with Gasteiger partial charge < -0.3 is 10.6 Å². The van der Waals surface area contributed by atoms with E-state index in [0.29, 0.717) is 12.3 Å². The average molecular weight is 278 g/mol. The number of thioether (sulfide) groups is 1. The lowest BCUT2D eigenvalue weighted by Crippen LogP contribution is -2.35. The number of nitrogens with two attached hydrogens (primary N) is 1. The van der Waals surface area contributed by atoms with Gasteiger partial charge >= 0.3 is 0 Å². The van der Waals surface area contributed by atoms with Crippen molar-refractivity contribution in [2.24, 2.45) is 11.1 Å². The summed E-state index contributed by atoms with van der Waals surface area (Å²) in [5, 5.41) is 0. The molecule has 1 aromatic rings. The number of likely N-dealkylation sites (tertiary alicyclic amines) is 1. The summed E-state index contributed by atoms with van der Waals surface area (Å²) in [4.78, 5) is 15.3. The van der Waals surface area contributed by atoms with Crippen molar-refractivity contribution < 1.29 is 4.79 Å². The lowest BCUT2D eigenvalue weighted by molar-refractivity contribution is -0.127. The van der Waals surface area contributed by atoms with Gasteiger partial charge in [0.2, 0.25) is 5.91 Å². The maximum absolute atomic E-state index is 12.2. The molecular weight excluding hydrogens is 256 g/mol. The molecule has 1 saturated heterocycles. The predicted octanol–water partition coefficient (Wildman–Crippen LogP) is 2.28. The fourth-order valence-corrected chi connectivity index (χ4v) is 3.28. The first-order chi connectivity index (χ1) is 9.04. The van der Waals surface area contributed by atoms with Gasteiger partial charge in [0.15, 0.2) is 0 Å². The summed E-state index contributed by atoms with van der Waals surface area (Å²) < 4.78 is 0. The number of carbonyl (C=O) groups excluding carboxylic acids is 1. The Morgan fingerprint density at radius 2 is 2.21 bits per heavy atom. The van der Waals surface area contributed by atoms with Crippen molar-refractivity contribution in [3.63, 3.8) is 0 Å². The van der Waals surface area contributed by atoms with Crippen LogP contribution in [0.3, 0.4) is 0 Å². The van der Waals surface area contributed by atoms with E-state index in [4.69, 9.17) is 5.73 Å². The van der Waals surface area contributed by atoms with E-state index in [1.165, 1.54) is 10.5 Å². The smallest absolute Gasteiger partial charge is 0.232 e. The molecule has 104 valence electrons. The minimum atomic E-state index is 0.114. The van der Waals surface area contributed by atoms with Crippen molar-refractivity contribution in [3.8, 4) is 0 Å². The van der Waals surface area contributed by atoms with Crippen LogP contribution in [-0.4, -0.2) is 36.2 Å². The standard InChI is InChI=1S/C15H22N2OS/c1-12-5-3-4-6-13(12)19-9-14(18)17-8-7-15(2,10-16)11-17/h3-6H,7-11,16H2,1-2H3. The highest BCUT2D eigenvalue weighted by molar-refractivity contribution is 8.00. The number of benzene rings is 1. The molecule has 1 aliphatic heterocycles. The van der Waals surface area contributed by atoms with Gasteiger partial charge in [-0.2, -0.15) is 0 Å². The van der Waals surface area contributed by atoms with Crippen molar-refractivity contribution in [1.82, 2.24) is 4.90 Å². The zero-order chi connectivity index (χ0) is 13.9. The third kappa shape index (κ3) is 3.51. The number of hydrogen-bond acceptors (Lipinski definition) is 3. The molecule has 1 aliphatic rings. The maximum atomic E-state index is 12.2. The Labute approximate surface area is 119 Å². The van der Waals surface area contributed by atoms with Crippen molar-refractivity contribution in [2.45, 2.75) is 25.2 Å². The molecule has 19 heavy (non-hydrogen) atoms. The van der Waals surface area contributed by atoms with Crippen LogP contribution in [0.2, 0.25) is 0 Å². The Hall–Kier alpha value is -1.00. The summed E-state index contributed by atoms with van der Waals surface area (Å²) in [6.45, 7) is 6.54. The van der Waals surface area contributed by atoms with E-state index in [1.54, 1.807) is 11.8 Å². The summed E-state index contributed by atoms with van der Waals surface area (Å²) in [6.07, 6.45) is 1.02.